The molecule has 25 heavy (non-hydrogen) atoms. The largest absolute Gasteiger partial charge is 0.508 e. The second-order valence-corrected chi connectivity index (χ2v) is 6.99. The van der Waals surface area contributed by atoms with Gasteiger partial charge in [0.1, 0.15) is 5.75 Å². The number of aromatic hydroxyl groups is 1. The number of rotatable bonds is 6. The Morgan fingerprint density at radius 2 is 1.76 bits per heavy atom. The lowest BCUT2D eigenvalue weighted by molar-refractivity contribution is 0.0496. The average molecular weight is 340 g/mol. The maximum absolute atomic E-state index is 10.0. The highest BCUT2D eigenvalue weighted by Crippen LogP contribution is 2.22. The molecule has 3 rings (SSSR count). The highest BCUT2D eigenvalue weighted by atomic mass is 16.3. The summed E-state index contributed by atoms with van der Waals surface area (Å²) in [6, 6.07) is 16.6. The molecule has 1 heterocycles. The molecule has 0 bridgehead atoms. The normalized spacial score (nSPS) is 19.2. The summed E-state index contributed by atoms with van der Waals surface area (Å²) in [4.78, 5) is 4.85. The van der Waals surface area contributed by atoms with Crippen LogP contribution in [-0.4, -0.2) is 52.3 Å². The highest BCUT2D eigenvalue weighted by Gasteiger charge is 2.27. The zero-order valence-electron chi connectivity index (χ0n) is 14.9. The Morgan fingerprint density at radius 3 is 2.48 bits per heavy atom. The number of aliphatic hydroxyl groups is 1. The van der Waals surface area contributed by atoms with Crippen molar-refractivity contribution in [3.63, 3.8) is 0 Å². The lowest BCUT2D eigenvalue weighted by atomic mass is 10.1. The number of benzene rings is 2. The fraction of sp³-hybridized carbons (Fsp3) is 0.429. The Labute approximate surface area is 150 Å². The van der Waals surface area contributed by atoms with Gasteiger partial charge >= 0.3 is 0 Å². The zero-order chi connectivity index (χ0) is 17.6. The van der Waals surface area contributed by atoms with Crippen molar-refractivity contribution >= 4 is 0 Å². The number of piperazine rings is 1. The molecule has 1 aliphatic rings. The molecule has 0 aliphatic carbocycles. The van der Waals surface area contributed by atoms with E-state index in [9.17, 15) is 10.2 Å². The van der Waals surface area contributed by atoms with Crippen LogP contribution in [0.15, 0.2) is 48.5 Å². The molecule has 134 valence electrons. The second-order valence-electron chi connectivity index (χ2n) is 6.99. The van der Waals surface area contributed by atoms with Gasteiger partial charge in [-0.1, -0.05) is 48.0 Å². The van der Waals surface area contributed by atoms with Gasteiger partial charge in [-0.15, -0.1) is 0 Å². The molecule has 0 radical (unpaired) electrons. The van der Waals surface area contributed by atoms with Crippen LogP contribution in [0.3, 0.4) is 0 Å². The summed E-state index contributed by atoms with van der Waals surface area (Å²) in [7, 11) is 0. The monoisotopic (exact) mass is 340 g/mol. The fourth-order valence-electron chi connectivity index (χ4n) is 3.55. The van der Waals surface area contributed by atoms with Crippen molar-refractivity contribution in [2.45, 2.75) is 32.5 Å². The van der Waals surface area contributed by atoms with Crippen molar-refractivity contribution in [1.29, 1.82) is 0 Å². The van der Waals surface area contributed by atoms with Crippen LogP contribution in [0, 0.1) is 6.92 Å². The minimum atomic E-state index is 0.208. The first-order valence-electron chi connectivity index (χ1n) is 9.05. The van der Waals surface area contributed by atoms with Crippen LogP contribution in [0.4, 0.5) is 0 Å². The summed E-state index contributed by atoms with van der Waals surface area (Å²) >= 11 is 0. The van der Waals surface area contributed by atoms with E-state index >= 15 is 0 Å². The third-order valence-corrected chi connectivity index (χ3v) is 5.04. The van der Waals surface area contributed by atoms with Crippen molar-refractivity contribution in [3.8, 4) is 5.75 Å². The van der Waals surface area contributed by atoms with Crippen molar-refractivity contribution in [2.24, 2.45) is 0 Å². The number of phenolic OH excluding ortho intramolecular Hbond substituents is 1. The van der Waals surface area contributed by atoms with Crippen LogP contribution in [0.5, 0.6) is 5.75 Å². The highest BCUT2D eigenvalue weighted by molar-refractivity contribution is 5.31. The maximum atomic E-state index is 10.0. The number of phenols is 1. The van der Waals surface area contributed by atoms with Gasteiger partial charge in [-0.25, -0.2) is 0 Å². The molecule has 1 fully saturated rings. The van der Waals surface area contributed by atoms with Gasteiger partial charge in [-0.3, -0.25) is 9.80 Å². The summed E-state index contributed by atoms with van der Waals surface area (Å²) in [6.07, 6.45) is 0.781. The Balaban J connectivity index is 1.63. The summed E-state index contributed by atoms with van der Waals surface area (Å²) in [5.74, 6) is 0.364. The van der Waals surface area contributed by atoms with E-state index in [-0.39, 0.29) is 6.61 Å². The lowest BCUT2D eigenvalue weighted by Crippen LogP contribution is -2.52. The van der Waals surface area contributed by atoms with Gasteiger partial charge in [0.25, 0.3) is 0 Å². The number of nitrogens with zero attached hydrogens (tertiary/aromatic N) is 2. The third kappa shape index (κ3) is 4.82. The van der Waals surface area contributed by atoms with Crippen LogP contribution in [-0.2, 0) is 13.1 Å². The van der Waals surface area contributed by atoms with Crippen molar-refractivity contribution in [3.05, 3.63) is 65.2 Å². The summed E-state index contributed by atoms with van der Waals surface area (Å²) in [5, 5.41) is 19.5. The molecular weight excluding hydrogens is 312 g/mol. The van der Waals surface area contributed by atoms with E-state index in [2.05, 4.69) is 41.0 Å². The van der Waals surface area contributed by atoms with E-state index in [4.69, 9.17) is 0 Å². The third-order valence-electron chi connectivity index (χ3n) is 5.04. The maximum Gasteiger partial charge on any atom is 0.120 e. The molecule has 0 unspecified atom stereocenters. The van der Waals surface area contributed by atoms with E-state index in [1.54, 1.807) is 6.07 Å². The number of para-hydroxylation sites is 1. The van der Waals surface area contributed by atoms with Crippen molar-refractivity contribution < 1.29 is 10.2 Å². The van der Waals surface area contributed by atoms with E-state index in [1.807, 2.05) is 18.2 Å². The summed E-state index contributed by atoms with van der Waals surface area (Å²) in [6.45, 7) is 6.87. The first-order chi connectivity index (χ1) is 12.2. The predicted octanol–water partition coefficient (Wildman–Crippen LogP) is 2.77. The summed E-state index contributed by atoms with van der Waals surface area (Å²) < 4.78 is 0. The molecule has 0 spiro atoms. The van der Waals surface area contributed by atoms with Crippen molar-refractivity contribution in [2.75, 3.05) is 26.2 Å². The van der Waals surface area contributed by atoms with Gasteiger partial charge in [0.15, 0.2) is 0 Å². The number of aryl methyl sites for hydroxylation is 1. The van der Waals surface area contributed by atoms with Crippen LogP contribution >= 0.6 is 0 Å². The molecular formula is C21H28N2O2. The zero-order valence-corrected chi connectivity index (χ0v) is 14.9. The number of hydrogen-bond acceptors (Lipinski definition) is 4. The average Bonchev–Trinajstić information content (AvgIpc) is 2.61. The van der Waals surface area contributed by atoms with Gasteiger partial charge in [-0.2, -0.15) is 0 Å². The second kappa shape index (κ2) is 8.48. The minimum absolute atomic E-state index is 0.208. The first kappa shape index (κ1) is 17.9. The molecule has 1 atom stereocenters. The Kier molecular flexibility index (Phi) is 6.08. The molecule has 1 saturated heterocycles. The van der Waals surface area contributed by atoms with Gasteiger partial charge in [0.2, 0.25) is 0 Å². The van der Waals surface area contributed by atoms with Crippen molar-refractivity contribution in [1.82, 2.24) is 9.80 Å². The topological polar surface area (TPSA) is 46.9 Å². The molecule has 0 amide bonds. The molecule has 4 nitrogen and oxygen atoms in total. The Morgan fingerprint density at radius 1 is 1.00 bits per heavy atom. The summed E-state index contributed by atoms with van der Waals surface area (Å²) in [5.41, 5.74) is 3.57. The molecule has 4 heteroatoms. The smallest absolute Gasteiger partial charge is 0.120 e. The number of hydrogen-bond donors (Lipinski definition) is 2. The van der Waals surface area contributed by atoms with E-state index < -0.39 is 0 Å². The standard InChI is InChI=1S/C21H28N2O2/c1-17-6-8-18(9-7-17)14-23-12-11-22(16-20(23)10-13-24)15-19-4-2-3-5-21(19)25/h2-9,20,24-25H,10-16H2,1H3/t20-/m0/s1. The van der Waals surface area contributed by atoms with Crippen LogP contribution in [0.2, 0.25) is 0 Å². The molecule has 1 aliphatic heterocycles. The minimum Gasteiger partial charge on any atom is -0.508 e. The fourth-order valence-corrected chi connectivity index (χ4v) is 3.55. The molecule has 2 aromatic rings. The molecule has 0 aromatic heterocycles. The number of aliphatic hydroxyl groups excluding tert-OH is 1. The molecule has 2 aromatic carbocycles. The van der Waals surface area contributed by atoms with Crippen LogP contribution in [0.25, 0.3) is 0 Å². The van der Waals surface area contributed by atoms with E-state index in [0.29, 0.717) is 11.8 Å². The van der Waals surface area contributed by atoms with Gasteiger partial charge in [0, 0.05) is 50.9 Å². The van der Waals surface area contributed by atoms with E-state index in [0.717, 1.165) is 44.7 Å². The van der Waals surface area contributed by atoms with Gasteiger partial charge in [-0.05, 0) is 25.0 Å². The Bertz CT molecular complexity index is 672. The van der Waals surface area contributed by atoms with Crippen LogP contribution in [0.1, 0.15) is 23.1 Å². The molecule has 2 N–H and O–H groups in total. The van der Waals surface area contributed by atoms with Crippen LogP contribution < -0.4 is 0 Å². The predicted molar refractivity (Wildman–Crippen MR) is 100 cm³/mol. The lowest BCUT2D eigenvalue weighted by Gasteiger charge is -2.41. The first-order valence-corrected chi connectivity index (χ1v) is 9.05. The molecule has 0 saturated carbocycles. The van der Waals surface area contributed by atoms with E-state index in [1.165, 1.54) is 11.1 Å². The van der Waals surface area contributed by atoms with Gasteiger partial charge in [0.05, 0.1) is 0 Å². The van der Waals surface area contributed by atoms with Gasteiger partial charge < -0.3 is 10.2 Å². The SMILES string of the molecule is Cc1ccc(CN2CCN(Cc3ccccc3O)C[C@@H]2CCO)cc1. The Hall–Kier alpha value is -1.88. The quantitative estimate of drug-likeness (QED) is 0.849.